The van der Waals surface area contributed by atoms with Crippen LogP contribution in [0.5, 0.6) is 5.75 Å². The van der Waals surface area contributed by atoms with Crippen LogP contribution in [0.25, 0.3) is 0 Å². The molecule has 1 N–H and O–H groups in total. The second kappa shape index (κ2) is 5.48. The van der Waals surface area contributed by atoms with E-state index in [-0.39, 0.29) is 0 Å². The maximum absolute atomic E-state index is 9.14. The van der Waals surface area contributed by atoms with E-state index in [1.54, 1.807) is 12.1 Å². The molecule has 0 aromatic heterocycles. The summed E-state index contributed by atoms with van der Waals surface area (Å²) >= 11 is 0. The molecule has 1 aromatic rings. The maximum Gasteiger partial charge on any atom is 0.115 e. The van der Waals surface area contributed by atoms with Crippen molar-refractivity contribution in [3.05, 3.63) is 42.0 Å². The van der Waals surface area contributed by atoms with Gasteiger partial charge in [-0.15, -0.1) is 0 Å². The van der Waals surface area contributed by atoms with Gasteiger partial charge in [0.2, 0.25) is 0 Å². The van der Waals surface area contributed by atoms with Gasteiger partial charge in [-0.2, -0.15) is 0 Å². The third-order valence-corrected chi connectivity index (χ3v) is 2.35. The van der Waals surface area contributed by atoms with Crippen molar-refractivity contribution in [2.24, 2.45) is 0 Å². The molecule has 0 aliphatic heterocycles. The van der Waals surface area contributed by atoms with Crippen LogP contribution in [-0.2, 0) is 0 Å². The maximum atomic E-state index is 9.14. The Hall–Kier alpha value is -1.24. The second-order valence-electron chi connectivity index (χ2n) is 3.61. The highest BCUT2D eigenvalue weighted by Crippen LogP contribution is 2.21. The van der Waals surface area contributed by atoms with E-state index >= 15 is 0 Å². The Morgan fingerprint density at radius 1 is 1.21 bits per heavy atom. The number of rotatable bonds is 4. The second-order valence-corrected chi connectivity index (χ2v) is 3.61. The number of phenolic OH excluding ortho intramolecular Hbond substituents is 1. The number of allylic oxidation sites excluding steroid dienone is 2. The van der Waals surface area contributed by atoms with Crippen molar-refractivity contribution in [2.45, 2.75) is 32.6 Å². The van der Waals surface area contributed by atoms with Crippen LogP contribution in [0.1, 0.15) is 38.2 Å². The van der Waals surface area contributed by atoms with E-state index in [9.17, 15) is 0 Å². The highest BCUT2D eigenvalue weighted by atomic mass is 16.3. The first-order valence-corrected chi connectivity index (χ1v) is 5.18. The van der Waals surface area contributed by atoms with Gasteiger partial charge < -0.3 is 5.11 Å². The fourth-order valence-corrected chi connectivity index (χ4v) is 1.41. The van der Waals surface area contributed by atoms with Gasteiger partial charge in [-0.1, -0.05) is 38.1 Å². The lowest BCUT2D eigenvalue weighted by atomic mass is 9.97. The van der Waals surface area contributed by atoms with Crippen LogP contribution >= 0.6 is 0 Å². The van der Waals surface area contributed by atoms with E-state index in [0.717, 1.165) is 12.8 Å². The standard InChI is InChI=1S/C13H18O/c1-3-4-5-6-11(2)12-7-9-13(14)10-8-12/h4-5,7-11,14H,3,6H2,1-2H3/b5-4-. The molecule has 1 nitrogen and oxygen atoms in total. The molecule has 1 aromatic carbocycles. The molecule has 1 unspecified atom stereocenters. The zero-order chi connectivity index (χ0) is 10.4. The van der Waals surface area contributed by atoms with Crippen LogP contribution in [0.2, 0.25) is 0 Å². The summed E-state index contributed by atoms with van der Waals surface area (Å²) in [6.45, 7) is 4.34. The summed E-state index contributed by atoms with van der Waals surface area (Å²) in [6.07, 6.45) is 6.58. The molecule has 0 amide bonds. The SMILES string of the molecule is CC/C=C\CC(C)c1ccc(O)cc1. The van der Waals surface area contributed by atoms with E-state index in [1.807, 2.05) is 12.1 Å². The Morgan fingerprint density at radius 3 is 2.43 bits per heavy atom. The van der Waals surface area contributed by atoms with E-state index in [1.165, 1.54) is 5.56 Å². The summed E-state index contributed by atoms with van der Waals surface area (Å²) in [5, 5.41) is 9.14. The van der Waals surface area contributed by atoms with Gasteiger partial charge in [-0.05, 0) is 36.5 Å². The molecule has 0 heterocycles. The smallest absolute Gasteiger partial charge is 0.115 e. The van der Waals surface area contributed by atoms with Crippen LogP contribution in [0, 0.1) is 0 Å². The lowest BCUT2D eigenvalue weighted by Gasteiger charge is -2.08. The number of hydrogen-bond acceptors (Lipinski definition) is 1. The van der Waals surface area contributed by atoms with Crippen LogP contribution in [0.15, 0.2) is 36.4 Å². The Labute approximate surface area is 86.1 Å². The normalized spacial score (nSPS) is 13.3. The summed E-state index contributed by atoms with van der Waals surface area (Å²) in [5.41, 5.74) is 1.28. The minimum atomic E-state index is 0.338. The van der Waals surface area contributed by atoms with Gasteiger partial charge in [0.15, 0.2) is 0 Å². The van der Waals surface area contributed by atoms with Crippen LogP contribution < -0.4 is 0 Å². The molecule has 0 saturated heterocycles. The molecule has 14 heavy (non-hydrogen) atoms. The fourth-order valence-electron chi connectivity index (χ4n) is 1.41. The topological polar surface area (TPSA) is 20.2 Å². The minimum absolute atomic E-state index is 0.338. The van der Waals surface area contributed by atoms with Gasteiger partial charge >= 0.3 is 0 Å². The van der Waals surface area contributed by atoms with Crippen LogP contribution in [0.4, 0.5) is 0 Å². The van der Waals surface area contributed by atoms with Crippen molar-refractivity contribution < 1.29 is 5.11 Å². The number of phenols is 1. The van der Waals surface area contributed by atoms with Crippen molar-refractivity contribution in [1.82, 2.24) is 0 Å². The highest BCUT2D eigenvalue weighted by Gasteiger charge is 2.02. The van der Waals surface area contributed by atoms with Crippen molar-refractivity contribution in [3.63, 3.8) is 0 Å². The number of aromatic hydroxyl groups is 1. The first-order valence-electron chi connectivity index (χ1n) is 5.18. The molecule has 0 aliphatic carbocycles. The summed E-state index contributed by atoms with van der Waals surface area (Å²) in [4.78, 5) is 0. The Morgan fingerprint density at radius 2 is 1.86 bits per heavy atom. The van der Waals surface area contributed by atoms with Crippen molar-refractivity contribution >= 4 is 0 Å². The van der Waals surface area contributed by atoms with Crippen LogP contribution in [-0.4, -0.2) is 5.11 Å². The quantitative estimate of drug-likeness (QED) is 0.715. The first-order chi connectivity index (χ1) is 6.74. The third kappa shape index (κ3) is 3.25. The van der Waals surface area contributed by atoms with Gasteiger partial charge in [0, 0.05) is 0 Å². The van der Waals surface area contributed by atoms with E-state index < -0.39 is 0 Å². The molecule has 76 valence electrons. The highest BCUT2D eigenvalue weighted by molar-refractivity contribution is 5.28. The van der Waals surface area contributed by atoms with Gasteiger partial charge in [0.05, 0.1) is 0 Å². The monoisotopic (exact) mass is 190 g/mol. The summed E-state index contributed by atoms with van der Waals surface area (Å²) < 4.78 is 0. The van der Waals surface area contributed by atoms with E-state index in [4.69, 9.17) is 5.11 Å². The van der Waals surface area contributed by atoms with Crippen molar-refractivity contribution in [1.29, 1.82) is 0 Å². The predicted octanol–water partition coefficient (Wildman–Crippen LogP) is 3.85. The number of benzene rings is 1. The average molecular weight is 190 g/mol. The molecule has 0 fully saturated rings. The summed E-state index contributed by atoms with van der Waals surface area (Å²) in [7, 11) is 0. The fraction of sp³-hybridized carbons (Fsp3) is 0.385. The molecule has 0 saturated carbocycles. The van der Waals surface area contributed by atoms with Gasteiger partial charge in [0.1, 0.15) is 5.75 Å². The Kier molecular flexibility index (Phi) is 4.24. The van der Waals surface area contributed by atoms with Gasteiger partial charge in [-0.3, -0.25) is 0 Å². The minimum Gasteiger partial charge on any atom is -0.508 e. The molecule has 1 rings (SSSR count). The first kappa shape index (κ1) is 10.8. The van der Waals surface area contributed by atoms with E-state index in [0.29, 0.717) is 11.7 Å². The van der Waals surface area contributed by atoms with E-state index in [2.05, 4.69) is 26.0 Å². The third-order valence-electron chi connectivity index (χ3n) is 2.35. The van der Waals surface area contributed by atoms with Crippen molar-refractivity contribution in [3.8, 4) is 5.75 Å². The molecule has 0 spiro atoms. The van der Waals surface area contributed by atoms with Gasteiger partial charge in [-0.25, -0.2) is 0 Å². The summed E-state index contributed by atoms with van der Waals surface area (Å²) in [5.74, 6) is 0.864. The molecule has 0 radical (unpaired) electrons. The van der Waals surface area contributed by atoms with Gasteiger partial charge in [0.25, 0.3) is 0 Å². The zero-order valence-electron chi connectivity index (χ0n) is 8.90. The lowest BCUT2D eigenvalue weighted by Crippen LogP contribution is -1.90. The Balaban J connectivity index is 2.56. The summed E-state index contributed by atoms with van der Waals surface area (Å²) in [6, 6.07) is 7.46. The lowest BCUT2D eigenvalue weighted by molar-refractivity contribution is 0.475. The molecule has 0 bridgehead atoms. The number of hydrogen-bond donors (Lipinski definition) is 1. The molecular formula is C13H18O. The molecule has 1 heteroatoms. The van der Waals surface area contributed by atoms with Crippen LogP contribution in [0.3, 0.4) is 0 Å². The zero-order valence-corrected chi connectivity index (χ0v) is 8.90. The molecule has 0 aliphatic rings. The van der Waals surface area contributed by atoms with Crippen molar-refractivity contribution in [2.75, 3.05) is 0 Å². The Bertz CT molecular complexity index is 285. The molecular weight excluding hydrogens is 172 g/mol. The predicted molar refractivity (Wildman–Crippen MR) is 60.6 cm³/mol. The average Bonchev–Trinajstić information content (AvgIpc) is 2.19. The largest absolute Gasteiger partial charge is 0.508 e. The molecule has 1 atom stereocenters.